The van der Waals surface area contributed by atoms with E-state index in [9.17, 15) is 23.1 Å². The number of hydrogen-bond acceptors (Lipinski definition) is 4. The molecule has 2 rings (SSSR count). The zero-order valence-corrected chi connectivity index (χ0v) is 17.1. The highest BCUT2D eigenvalue weighted by atomic mass is 32.2. The predicted octanol–water partition coefficient (Wildman–Crippen LogP) is 1.99. The number of carboxylic acid groups (broad SMARTS) is 1. The number of hydrogen-bond donors (Lipinski definition) is 2. The fraction of sp³-hybridized carbons (Fsp3) is 0.579. The molecule has 1 atom stereocenters. The highest BCUT2D eigenvalue weighted by Gasteiger charge is 2.39. The number of sulfonamides is 1. The third-order valence-electron chi connectivity index (χ3n) is 5.07. The molecule has 27 heavy (non-hydrogen) atoms. The SMILES string of the molecule is Cc1cc(C)c(S(=O)(=O)NCCC(=O)N2CCCC(C)(C(=O)O)C2)c(C)c1. The van der Waals surface area contributed by atoms with Crippen molar-refractivity contribution >= 4 is 21.9 Å². The van der Waals surface area contributed by atoms with Crippen LogP contribution in [0.5, 0.6) is 0 Å². The largest absolute Gasteiger partial charge is 0.481 e. The number of amides is 1. The average Bonchev–Trinajstić information content (AvgIpc) is 2.53. The van der Waals surface area contributed by atoms with Crippen molar-refractivity contribution in [3.63, 3.8) is 0 Å². The number of nitrogens with zero attached hydrogens (tertiary/aromatic N) is 1. The van der Waals surface area contributed by atoms with Crippen LogP contribution < -0.4 is 4.72 Å². The third-order valence-corrected chi connectivity index (χ3v) is 6.84. The van der Waals surface area contributed by atoms with Gasteiger partial charge >= 0.3 is 5.97 Å². The first-order chi connectivity index (χ1) is 12.5. The van der Waals surface area contributed by atoms with Crippen LogP contribution in [0.25, 0.3) is 0 Å². The van der Waals surface area contributed by atoms with Gasteiger partial charge in [0, 0.05) is 26.1 Å². The van der Waals surface area contributed by atoms with Gasteiger partial charge in [0.25, 0.3) is 0 Å². The molecular formula is C19H28N2O5S. The minimum absolute atomic E-state index is 0.00111. The van der Waals surface area contributed by atoms with E-state index in [1.165, 1.54) is 4.90 Å². The van der Waals surface area contributed by atoms with Crippen LogP contribution >= 0.6 is 0 Å². The number of rotatable bonds is 6. The highest BCUT2D eigenvalue weighted by Crippen LogP contribution is 2.30. The first-order valence-corrected chi connectivity index (χ1v) is 10.5. The van der Waals surface area contributed by atoms with Gasteiger partial charge in [-0.2, -0.15) is 0 Å². The molecule has 1 aliphatic heterocycles. The Balaban J connectivity index is 1.99. The number of nitrogens with one attached hydrogen (secondary N) is 1. The van der Waals surface area contributed by atoms with Gasteiger partial charge in [0.1, 0.15) is 0 Å². The molecule has 150 valence electrons. The van der Waals surface area contributed by atoms with Crippen molar-refractivity contribution < 1.29 is 23.1 Å². The Bertz CT molecular complexity index is 827. The summed E-state index contributed by atoms with van der Waals surface area (Å²) < 4.78 is 27.7. The van der Waals surface area contributed by atoms with Crippen molar-refractivity contribution in [1.29, 1.82) is 0 Å². The standard InChI is InChI=1S/C19H28N2O5S/c1-13-10-14(2)17(15(3)11-13)27(25,26)20-8-6-16(22)21-9-5-7-19(4,12-21)18(23)24/h10-11,20H,5-9,12H2,1-4H3,(H,23,24). The minimum atomic E-state index is -3.72. The van der Waals surface area contributed by atoms with Gasteiger partial charge < -0.3 is 10.0 Å². The van der Waals surface area contributed by atoms with Crippen LogP contribution in [0, 0.1) is 26.2 Å². The molecule has 1 aromatic rings. The number of likely N-dealkylation sites (tertiary alicyclic amines) is 1. The molecule has 1 fully saturated rings. The Kier molecular flexibility index (Phi) is 6.32. The van der Waals surface area contributed by atoms with Crippen molar-refractivity contribution in [1.82, 2.24) is 9.62 Å². The van der Waals surface area contributed by atoms with E-state index in [-0.39, 0.29) is 30.3 Å². The summed E-state index contributed by atoms with van der Waals surface area (Å²) in [6.45, 7) is 7.69. The lowest BCUT2D eigenvalue weighted by atomic mass is 9.82. The molecule has 0 aromatic heterocycles. The summed E-state index contributed by atoms with van der Waals surface area (Å²) in [5.41, 5.74) is 1.38. The zero-order chi connectivity index (χ0) is 20.4. The van der Waals surface area contributed by atoms with E-state index in [1.807, 2.05) is 19.1 Å². The van der Waals surface area contributed by atoms with Crippen LogP contribution in [0.2, 0.25) is 0 Å². The van der Waals surface area contributed by atoms with E-state index in [0.717, 1.165) is 5.56 Å². The van der Waals surface area contributed by atoms with E-state index in [0.29, 0.717) is 30.5 Å². The molecule has 1 heterocycles. The van der Waals surface area contributed by atoms with Gasteiger partial charge in [0.05, 0.1) is 10.3 Å². The van der Waals surface area contributed by atoms with Crippen LogP contribution in [-0.4, -0.2) is 49.9 Å². The molecule has 0 aliphatic carbocycles. The van der Waals surface area contributed by atoms with Gasteiger partial charge in [-0.25, -0.2) is 13.1 Å². The topological polar surface area (TPSA) is 104 Å². The normalized spacial score (nSPS) is 20.5. The smallest absolute Gasteiger partial charge is 0.311 e. The predicted molar refractivity (Wildman–Crippen MR) is 102 cm³/mol. The van der Waals surface area contributed by atoms with E-state index in [4.69, 9.17) is 0 Å². The van der Waals surface area contributed by atoms with E-state index in [1.54, 1.807) is 20.8 Å². The number of piperidine rings is 1. The van der Waals surface area contributed by atoms with Crippen molar-refractivity contribution in [2.75, 3.05) is 19.6 Å². The van der Waals surface area contributed by atoms with E-state index < -0.39 is 21.4 Å². The van der Waals surface area contributed by atoms with Crippen LogP contribution in [0.1, 0.15) is 42.9 Å². The molecule has 1 unspecified atom stereocenters. The average molecular weight is 397 g/mol. The molecule has 1 aliphatic rings. The number of carboxylic acids is 1. The van der Waals surface area contributed by atoms with Crippen LogP contribution in [0.15, 0.2) is 17.0 Å². The lowest BCUT2D eigenvalue weighted by Crippen LogP contribution is -2.48. The Labute approximate surface area is 160 Å². The first-order valence-electron chi connectivity index (χ1n) is 9.05. The summed E-state index contributed by atoms with van der Waals surface area (Å²) in [6.07, 6.45) is 1.16. The van der Waals surface area contributed by atoms with Crippen molar-refractivity contribution in [2.24, 2.45) is 5.41 Å². The Morgan fingerprint density at radius 1 is 1.22 bits per heavy atom. The van der Waals surface area contributed by atoms with Gasteiger partial charge in [0.2, 0.25) is 15.9 Å². The highest BCUT2D eigenvalue weighted by molar-refractivity contribution is 7.89. The molecule has 0 bridgehead atoms. The fourth-order valence-electron chi connectivity index (χ4n) is 3.74. The summed E-state index contributed by atoms with van der Waals surface area (Å²) >= 11 is 0. The van der Waals surface area contributed by atoms with Gasteiger partial charge in [-0.3, -0.25) is 9.59 Å². The quantitative estimate of drug-likeness (QED) is 0.765. The number of benzene rings is 1. The maximum absolute atomic E-state index is 12.6. The molecule has 2 N–H and O–H groups in total. The number of carbonyl (C=O) groups is 2. The van der Waals surface area contributed by atoms with Crippen molar-refractivity contribution in [3.8, 4) is 0 Å². The Morgan fingerprint density at radius 2 is 1.81 bits per heavy atom. The van der Waals surface area contributed by atoms with Crippen molar-refractivity contribution in [3.05, 3.63) is 28.8 Å². The molecule has 0 saturated carbocycles. The Morgan fingerprint density at radius 3 is 2.37 bits per heavy atom. The fourth-order valence-corrected chi connectivity index (χ4v) is 5.22. The monoisotopic (exact) mass is 396 g/mol. The second kappa shape index (κ2) is 7.98. The van der Waals surface area contributed by atoms with Crippen LogP contribution in [0.3, 0.4) is 0 Å². The van der Waals surface area contributed by atoms with Gasteiger partial charge in [-0.05, 0) is 51.7 Å². The molecule has 0 radical (unpaired) electrons. The molecular weight excluding hydrogens is 368 g/mol. The Hall–Kier alpha value is -1.93. The van der Waals surface area contributed by atoms with E-state index in [2.05, 4.69) is 4.72 Å². The summed E-state index contributed by atoms with van der Waals surface area (Å²) in [4.78, 5) is 25.6. The summed E-state index contributed by atoms with van der Waals surface area (Å²) in [5, 5.41) is 9.35. The minimum Gasteiger partial charge on any atom is -0.481 e. The van der Waals surface area contributed by atoms with Crippen LogP contribution in [-0.2, 0) is 19.6 Å². The van der Waals surface area contributed by atoms with Gasteiger partial charge in [-0.1, -0.05) is 17.7 Å². The molecule has 7 nitrogen and oxygen atoms in total. The van der Waals surface area contributed by atoms with Crippen LogP contribution in [0.4, 0.5) is 0 Å². The number of aliphatic carboxylic acids is 1. The second-order valence-electron chi connectivity index (χ2n) is 7.66. The lowest BCUT2D eigenvalue weighted by molar-refractivity contribution is -0.153. The number of aryl methyl sites for hydroxylation is 3. The maximum atomic E-state index is 12.6. The third kappa shape index (κ3) is 4.87. The molecule has 8 heteroatoms. The maximum Gasteiger partial charge on any atom is 0.311 e. The molecule has 1 amide bonds. The molecule has 1 aromatic carbocycles. The van der Waals surface area contributed by atoms with Gasteiger partial charge in [-0.15, -0.1) is 0 Å². The zero-order valence-electron chi connectivity index (χ0n) is 16.3. The van der Waals surface area contributed by atoms with Crippen molar-refractivity contribution in [2.45, 2.75) is 51.9 Å². The second-order valence-corrected chi connectivity index (χ2v) is 9.36. The first kappa shape index (κ1) is 21.4. The summed E-state index contributed by atoms with van der Waals surface area (Å²) in [6, 6.07) is 3.63. The van der Waals surface area contributed by atoms with Gasteiger partial charge in [0.15, 0.2) is 0 Å². The molecule has 0 spiro atoms. The lowest BCUT2D eigenvalue weighted by Gasteiger charge is -2.37. The summed E-state index contributed by atoms with van der Waals surface area (Å²) in [7, 11) is -3.72. The number of carbonyl (C=O) groups excluding carboxylic acids is 1. The molecule has 1 saturated heterocycles. The summed E-state index contributed by atoms with van der Waals surface area (Å²) in [5.74, 6) is -1.15. The van der Waals surface area contributed by atoms with E-state index >= 15 is 0 Å².